The van der Waals surface area contributed by atoms with Gasteiger partial charge in [-0.25, -0.2) is 0 Å². The number of rotatable bonds is 3. The van der Waals surface area contributed by atoms with Gasteiger partial charge in [-0.05, 0) is 58.5 Å². The molecule has 1 heterocycles. The predicted octanol–water partition coefficient (Wildman–Crippen LogP) is 2.64. The molecule has 2 fully saturated rings. The van der Waals surface area contributed by atoms with E-state index in [0.717, 1.165) is 12.0 Å². The van der Waals surface area contributed by atoms with Crippen molar-refractivity contribution in [1.82, 2.24) is 10.2 Å². The molecule has 2 rings (SSSR count). The van der Waals surface area contributed by atoms with E-state index in [9.17, 15) is 0 Å². The summed E-state index contributed by atoms with van der Waals surface area (Å²) in [4.78, 5) is 2.77. The van der Waals surface area contributed by atoms with Crippen LogP contribution in [0.2, 0.25) is 0 Å². The predicted molar refractivity (Wildman–Crippen MR) is 69.7 cm³/mol. The van der Waals surface area contributed by atoms with Crippen LogP contribution in [0.25, 0.3) is 0 Å². The summed E-state index contributed by atoms with van der Waals surface area (Å²) in [7, 11) is 0. The smallest absolute Gasteiger partial charge is 0.0127 e. The summed E-state index contributed by atoms with van der Waals surface area (Å²) >= 11 is 0. The monoisotopic (exact) mass is 224 g/mol. The van der Waals surface area contributed by atoms with Crippen LogP contribution in [0.5, 0.6) is 0 Å². The zero-order chi connectivity index (χ0) is 11.5. The first-order valence-electron chi connectivity index (χ1n) is 7.20. The van der Waals surface area contributed by atoms with Crippen molar-refractivity contribution in [2.24, 2.45) is 5.92 Å². The Bertz CT molecular complexity index is 205. The Kier molecular flexibility index (Phi) is 4.26. The van der Waals surface area contributed by atoms with Crippen molar-refractivity contribution < 1.29 is 0 Å². The molecule has 4 atom stereocenters. The summed E-state index contributed by atoms with van der Waals surface area (Å²) in [5, 5.41) is 3.67. The van der Waals surface area contributed by atoms with Crippen molar-refractivity contribution in [2.45, 2.75) is 71.0 Å². The topological polar surface area (TPSA) is 15.3 Å². The van der Waals surface area contributed by atoms with Gasteiger partial charge in [-0.2, -0.15) is 0 Å². The maximum absolute atomic E-state index is 3.67. The maximum Gasteiger partial charge on any atom is 0.0127 e. The number of hydrogen-bond acceptors (Lipinski definition) is 2. The van der Waals surface area contributed by atoms with E-state index < -0.39 is 0 Å². The highest BCUT2D eigenvalue weighted by atomic mass is 15.2. The third-order valence-corrected chi connectivity index (χ3v) is 4.28. The van der Waals surface area contributed by atoms with Gasteiger partial charge < -0.3 is 5.32 Å². The van der Waals surface area contributed by atoms with Crippen LogP contribution in [0.3, 0.4) is 0 Å². The molecule has 1 aliphatic carbocycles. The van der Waals surface area contributed by atoms with Gasteiger partial charge >= 0.3 is 0 Å². The first-order chi connectivity index (χ1) is 7.70. The highest BCUT2D eigenvalue weighted by Crippen LogP contribution is 2.39. The Morgan fingerprint density at radius 2 is 1.75 bits per heavy atom. The lowest BCUT2D eigenvalue weighted by atomic mass is 10.1. The number of nitrogens with one attached hydrogen (secondary N) is 1. The lowest BCUT2D eigenvalue weighted by Crippen LogP contribution is -2.43. The highest BCUT2D eigenvalue weighted by Gasteiger charge is 2.40. The molecule has 4 unspecified atom stereocenters. The molecular weight excluding hydrogens is 196 g/mol. The van der Waals surface area contributed by atoms with Crippen molar-refractivity contribution >= 4 is 0 Å². The van der Waals surface area contributed by atoms with Crippen LogP contribution in [0.4, 0.5) is 0 Å². The molecule has 94 valence electrons. The number of nitrogens with zero attached hydrogens (tertiary/aromatic N) is 1. The van der Waals surface area contributed by atoms with Crippen LogP contribution in [0, 0.1) is 5.92 Å². The molecule has 0 aromatic rings. The van der Waals surface area contributed by atoms with E-state index in [0.29, 0.717) is 12.1 Å². The molecule has 2 heteroatoms. The molecule has 0 amide bonds. The molecular formula is C14H28N2. The van der Waals surface area contributed by atoms with Crippen LogP contribution in [-0.4, -0.2) is 36.1 Å². The van der Waals surface area contributed by atoms with E-state index in [1.165, 1.54) is 45.2 Å². The molecule has 0 aromatic carbocycles. The fourth-order valence-corrected chi connectivity index (χ4v) is 3.17. The third-order valence-electron chi connectivity index (χ3n) is 4.28. The zero-order valence-electron chi connectivity index (χ0n) is 11.2. The van der Waals surface area contributed by atoms with Gasteiger partial charge in [0.1, 0.15) is 0 Å². The van der Waals surface area contributed by atoms with E-state index in [1.807, 2.05) is 0 Å². The molecule has 0 radical (unpaired) electrons. The molecule has 2 nitrogen and oxygen atoms in total. The van der Waals surface area contributed by atoms with Crippen LogP contribution in [0.1, 0.15) is 52.9 Å². The molecule has 1 aliphatic heterocycles. The van der Waals surface area contributed by atoms with Gasteiger partial charge in [0.2, 0.25) is 0 Å². The Morgan fingerprint density at radius 3 is 2.31 bits per heavy atom. The summed E-state index contributed by atoms with van der Waals surface area (Å²) in [5.41, 5.74) is 0. The lowest BCUT2D eigenvalue weighted by Gasteiger charge is -2.31. The fourth-order valence-electron chi connectivity index (χ4n) is 3.17. The summed E-state index contributed by atoms with van der Waals surface area (Å²) in [6.45, 7) is 9.60. The average Bonchev–Trinajstić information content (AvgIpc) is 2.95. The minimum Gasteiger partial charge on any atom is -0.312 e. The van der Waals surface area contributed by atoms with Gasteiger partial charge in [-0.15, -0.1) is 0 Å². The Morgan fingerprint density at radius 1 is 1.12 bits per heavy atom. The SMILES string of the molecule is CCCC1CC1N1CCC(C)NC(C)CC1. The summed E-state index contributed by atoms with van der Waals surface area (Å²) in [6, 6.07) is 2.33. The van der Waals surface area contributed by atoms with Crippen molar-refractivity contribution in [3.05, 3.63) is 0 Å². The van der Waals surface area contributed by atoms with Crippen LogP contribution >= 0.6 is 0 Å². The van der Waals surface area contributed by atoms with E-state index in [4.69, 9.17) is 0 Å². The molecule has 0 aromatic heterocycles. The third kappa shape index (κ3) is 3.21. The summed E-state index contributed by atoms with van der Waals surface area (Å²) < 4.78 is 0. The number of hydrogen-bond donors (Lipinski definition) is 1. The fraction of sp³-hybridized carbons (Fsp3) is 1.00. The van der Waals surface area contributed by atoms with E-state index in [1.54, 1.807) is 0 Å². The molecule has 0 spiro atoms. The van der Waals surface area contributed by atoms with Gasteiger partial charge in [0.05, 0.1) is 0 Å². The minimum absolute atomic E-state index is 0.696. The van der Waals surface area contributed by atoms with Gasteiger partial charge in [0, 0.05) is 18.1 Å². The van der Waals surface area contributed by atoms with E-state index in [-0.39, 0.29) is 0 Å². The Hall–Kier alpha value is -0.0800. The van der Waals surface area contributed by atoms with Crippen molar-refractivity contribution in [1.29, 1.82) is 0 Å². The van der Waals surface area contributed by atoms with Gasteiger partial charge in [-0.3, -0.25) is 4.90 Å². The molecule has 0 bridgehead atoms. The van der Waals surface area contributed by atoms with Gasteiger partial charge in [0.25, 0.3) is 0 Å². The maximum atomic E-state index is 3.67. The van der Waals surface area contributed by atoms with E-state index >= 15 is 0 Å². The largest absolute Gasteiger partial charge is 0.312 e. The minimum atomic E-state index is 0.696. The average molecular weight is 224 g/mol. The summed E-state index contributed by atoms with van der Waals surface area (Å²) in [5.74, 6) is 1.03. The molecule has 16 heavy (non-hydrogen) atoms. The van der Waals surface area contributed by atoms with Crippen LogP contribution in [0.15, 0.2) is 0 Å². The highest BCUT2D eigenvalue weighted by molar-refractivity contribution is 4.95. The quantitative estimate of drug-likeness (QED) is 0.793. The molecule has 1 saturated heterocycles. The molecule has 1 N–H and O–H groups in total. The van der Waals surface area contributed by atoms with E-state index in [2.05, 4.69) is 31.0 Å². The van der Waals surface area contributed by atoms with Crippen molar-refractivity contribution in [3.8, 4) is 0 Å². The summed E-state index contributed by atoms with van der Waals surface area (Å²) in [6.07, 6.45) is 6.93. The second-order valence-corrected chi connectivity index (χ2v) is 5.93. The van der Waals surface area contributed by atoms with Crippen molar-refractivity contribution in [2.75, 3.05) is 13.1 Å². The van der Waals surface area contributed by atoms with Crippen molar-refractivity contribution in [3.63, 3.8) is 0 Å². The molecule has 1 saturated carbocycles. The van der Waals surface area contributed by atoms with Gasteiger partial charge in [-0.1, -0.05) is 13.3 Å². The standard InChI is InChI=1S/C14H28N2/c1-4-5-13-10-14(13)16-8-6-11(2)15-12(3)7-9-16/h11-15H,4-10H2,1-3H3. The van der Waals surface area contributed by atoms with Crippen LogP contribution < -0.4 is 5.32 Å². The normalized spacial score (nSPS) is 41.4. The molecule has 2 aliphatic rings. The lowest BCUT2D eigenvalue weighted by molar-refractivity contribution is 0.201. The Balaban J connectivity index is 1.81. The first kappa shape index (κ1) is 12.4. The van der Waals surface area contributed by atoms with Gasteiger partial charge in [0.15, 0.2) is 0 Å². The Labute approximate surface area is 101 Å². The zero-order valence-corrected chi connectivity index (χ0v) is 11.2. The second kappa shape index (κ2) is 5.50. The van der Waals surface area contributed by atoms with Crippen LogP contribution in [-0.2, 0) is 0 Å². The second-order valence-electron chi connectivity index (χ2n) is 5.93. The first-order valence-corrected chi connectivity index (χ1v) is 7.20.